The summed E-state index contributed by atoms with van der Waals surface area (Å²) in [5.74, 6) is 0.695. The number of carbonyl (C=O) groups is 2. The highest BCUT2D eigenvalue weighted by Crippen LogP contribution is 2.21. The van der Waals surface area contributed by atoms with E-state index in [1.54, 1.807) is 24.3 Å². The van der Waals surface area contributed by atoms with E-state index in [0.717, 1.165) is 23.1 Å². The standard InChI is InChI=1S/C21H23BrN2O3/c1-2-27-17-9-7-15(8-10-17)20(25)23-16-11-13-24(14-12-16)21(26)18-5-3-4-6-19(18)22/h3-10,16H,2,11-14H2,1H3,(H,23,25). The fourth-order valence-electron chi connectivity index (χ4n) is 3.17. The minimum absolute atomic E-state index is 0.0266. The number of likely N-dealkylation sites (tertiary alicyclic amines) is 1. The summed E-state index contributed by atoms with van der Waals surface area (Å²) in [5.41, 5.74) is 1.29. The molecule has 0 radical (unpaired) electrons. The molecule has 2 amide bonds. The zero-order chi connectivity index (χ0) is 19.2. The molecule has 0 saturated carbocycles. The molecule has 5 nitrogen and oxygen atoms in total. The number of piperidine rings is 1. The number of halogens is 1. The minimum atomic E-state index is -0.0892. The second-order valence-corrected chi connectivity index (χ2v) is 7.33. The van der Waals surface area contributed by atoms with Gasteiger partial charge in [-0.2, -0.15) is 0 Å². The number of nitrogens with one attached hydrogen (secondary N) is 1. The molecule has 1 aliphatic rings. The zero-order valence-electron chi connectivity index (χ0n) is 15.3. The molecule has 1 saturated heterocycles. The Hall–Kier alpha value is -2.34. The normalized spacial score (nSPS) is 14.7. The Labute approximate surface area is 167 Å². The molecule has 1 N–H and O–H groups in total. The van der Waals surface area contributed by atoms with Crippen LogP contribution in [0.25, 0.3) is 0 Å². The molecule has 27 heavy (non-hydrogen) atoms. The van der Waals surface area contributed by atoms with Gasteiger partial charge in [-0.1, -0.05) is 12.1 Å². The van der Waals surface area contributed by atoms with Crippen molar-refractivity contribution in [1.29, 1.82) is 0 Å². The van der Waals surface area contributed by atoms with Gasteiger partial charge in [0, 0.05) is 29.2 Å². The van der Waals surface area contributed by atoms with E-state index in [4.69, 9.17) is 4.74 Å². The van der Waals surface area contributed by atoms with Crippen LogP contribution in [0.4, 0.5) is 0 Å². The largest absolute Gasteiger partial charge is 0.494 e. The predicted octanol–water partition coefficient (Wildman–Crippen LogP) is 3.88. The summed E-state index contributed by atoms with van der Waals surface area (Å²) >= 11 is 3.44. The van der Waals surface area contributed by atoms with Gasteiger partial charge in [0.25, 0.3) is 11.8 Å². The van der Waals surface area contributed by atoms with Crippen LogP contribution in [0.15, 0.2) is 53.0 Å². The molecule has 0 atom stereocenters. The Morgan fingerprint density at radius 1 is 1.11 bits per heavy atom. The van der Waals surface area contributed by atoms with Gasteiger partial charge in [0.15, 0.2) is 0 Å². The highest BCUT2D eigenvalue weighted by atomic mass is 79.9. The van der Waals surface area contributed by atoms with Crippen LogP contribution in [-0.4, -0.2) is 42.5 Å². The molecule has 0 unspecified atom stereocenters. The lowest BCUT2D eigenvalue weighted by Gasteiger charge is -2.32. The summed E-state index contributed by atoms with van der Waals surface area (Å²) < 4.78 is 6.20. The van der Waals surface area contributed by atoms with E-state index >= 15 is 0 Å². The van der Waals surface area contributed by atoms with E-state index in [-0.39, 0.29) is 17.9 Å². The maximum Gasteiger partial charge on any atom is 0.254 e. The number of nitrogens with zero attached hydrogens (tertiary/aromatic N) is 1. The van der Waals surface area contributed by atoms with Crippen LogP contribution in [0.2, 0.25) is 0 Å². The number of amides is 2. The molecule has 2 aromatic carbocycles. The first-order chi connectivity index (χ1) is 13.1. The third kappa shape index (κ3) is 4.89. The summed E-state index contributed by atoms with van der Waals surface area (Å²) in [4.78, 5) is 26.9. The average molecular weight is 431 g/mol. The van der Waals surface area contributed by atoms with Gasteiger partial charge in [-0.15, -0.1) is 0 Å². The van der Waals surface area contributed by atoms with E-state index in [0.29, 0.717) is 30.8 Å². The SMILES string of the molecule is CCOc1ccc(C(=O)NC2CCN(C(=O)c3ccccc3Br)CC2)cc1. The molecule has 2 aromatic rings. The van der Waals surface area contributed by atoms with Crippen molar-refractivity contribution in [1.82, 2.24) is 10.2 Å². The van der Waals surface area contributed by atoms with Crippen molar-refractivity contribution >= 4 is 27.7 Å². The molecular weight excluding hydrogens is 408 g/mol. The van der Waals surface area contributed by atoms with Crippen molar-refractivity contribution in [2.75, 3.05) is 19.7 Å². The van der Waals surface area contributed by atoms with Gasteiger partial charge in [0.05, 0.1) is 12.2 Å². The Balaban J connectivity index is 1.52. The Kier molecular flexibility index (Phi) is 6.50. The highest BCUT2D eigenvalue weighted by Gasteiger charge is 2.25. The molecule has 1 aliphatic heterocycles. The molecule has 0 aromatic heterocycles. The van der Waals surface area contributed by atoms with Gasteiger partial charge in [0.1, 0.15) is 5.75 Å². The van der Waals surface area contributed by atoms with Gasteiger partial charge >= 0.3 is 0 Å². The van der Waals surface area contributed by atoms with Gasteiger partial charge in [-0.3, -0.25) is 9.59 Å². The smallest absolute Gasteiger partial charge is 0.254 e. The summed E-state index contributed by atoms with van der Waals surface area (Å²) in [5, 5.41) is 3.07. The molecule has 6 heteroatoms. The first-order valence-electron chi connectivity index (χ1n) is 9.16. The van der Waals surface area contributed by atoms with E-state index in [1.165, 1.54) is 0 Å². The maximum absolute atomic E-state index is 12.7. The van der Waals surface area contributed by atoms with Crippen LogP contribution in [0.5, 0.6) is 5.75 Å². The van der Waals surface area contributed by atoms with Crippen LogP contribution in [-0.2, 0) is 0 Å². The van der Waals surface area contributed by atoms with E-state index in [9.17, 15) is 9.59 Å². The van der Waals surface area contributed by atoms with Crippen molar-refractivity contribution in [3.63, 3.8) is 0 Å². The molecule has 142 valence electrons. The fraction of sp³-hybridized carbons (Fsp3) is 0.333. The van der Waals surface area contributed by atoms with Crippen molar-refractivity contribution in [3.8, 4) is 5.75 Å². The van der Waals surface area contributed by atoms with Crippen LogP contribution < -0.4 is 10.1 Å². The summed E-state index contributed by atoms with van der Waals surface area (Å²) in [7, 11) is 0. The number of carbonyl (C=O) groups excluding carboxylic acids is 2. The molecule has 0 spiro atoms. The molecule has 3 rings (SSSR count). The van der Waals surface area contributed by atoms with Crippen LogP contribution in [0.1, 0.15) is 40.5 Å². The number of rotatable bonds is 5. The summed E-state index contributed by atoms with van der Waals surface area (Å²) in [6.45, 7) is 3.79. The first kappa shape index (κ1) is 19.4. The number of benzene rings is 2. The van der Waals surface area contributed by atoms with Crippen LogP contribution in [0, 0.1) is 0 Å². The molecule has 1 heterocycles. The summed E-state index contributed by atoms with van der Waals surface area (Å²) in [6, 6.07) is 14.7. The quantitative estimate of drug-likeness (QED) is 0.782. The lowest BCUT2D eigenvalue weighted by molar-refractivity contribution is 0.0697. The number of hydrogen-bond acceptors (Lipinski definition) is 3. The monoisotopic (exact) mass is 430 g/mol. The van der Waals surface area contributed by atoms with Gasteiger partial charge in [0.2, 0.25) is 0 Å². The molecule has 1 fully saturated rings. The Bertz CT molecular complexity index is 799. The van der Waals surface area contributed by atoms with Crippen molar-refractivity contribution in [3.05, 3.63) is 64.1 Å². The van der Waals surface area contributed by atoms with E-state index < -0.39 is 0 Å². The first-order valence-corrected chi connectivity index (χ1v) is 9.95. The topological polar surface area (TPSA) is 58.6 Å². The third-order valence-corrected chi connectivity index (χ3v) is 5.34. The van der Waals surface area contributed by atoms with Gasteiger partial charge in [-0.25, -0.2) is 0 Å². The Morgan fingerprint density at radius 2 is 1.78 bits per heavy atom. The van der Waals surface area contributed by atoms with Crippen LogP contribution >= 0.6 is 15.9 Å². The van der Waals surface area contributed by atoms with Gasteiger partial charge in [-0.05, 0) is 72.1 Å². The average Bonchev–Trinajstić information content (AvgIpc) is 2.69. The predicted molar refractivity (Wildman–Crippen MR) is 108 cm³/mol. The van der Waals surface area contributed by atoms with E-state index in [2.05, 4.69) is 21.2 Å². The second-order valence-electron chi connectivity index (χ2n) is 6.48. The second kappa shape index (κ2) is 9.04. The Morgan fingerprint density at radius 3 is 2.41 bits per heavy atom. The third-order valence-electron chi connectivity index (χ3n) is 4.65. The van der Waals surface area contributed by atoms with E-state index in [1.807, 2.05) is 36.1 Å². The number of hydrogen-bond donors (Lipinski definition) is 1. The maximum atomic E-state index is 12.7. The highest BCUT2D eigenvalue weighted by molar-refractivity contribution is 9.10. The lowest BCUT2D eigenvalue weighted by atomic mass is 10.0. The van der Waals surface area contributed by atoms with Crippen molar-refractivity contribution in [2.24, 2.45) is 0 Å². The molecular formula is C21H23BrN2O3. The lowest BCUT2D eigenvalue weighted by Crippen LogP contribution is -2.46. The molecule has 0 bridgehead atoms. The summed E-state index contributed by atoms with van der Waals surface area (Å²) in [6.07, 6.45) is 1.50. The van der Waals surface area contributed by atoms with Crippen molar-refractivity contribution in [2.45, 2.75) is 25.8 Å². The number of ether oxygens (including phenoxy) is 1. The zero-order valence-corrected chi connectivity index (χ0v) is 16.9. The van der Waals surface area contributed by atoms with Crippen molar-refractivity contribution < 1.29 is 14.3 Å². The van der Waals surface area contributed by atoms with Gasteiger partial charge < -0.3 is 15.0 Å². The molecule has 0 aliphatic carbocycles. The minimum Gasteiger partial charge on any atom is -0.494 e. The van der Waals surface area contributed by atoms with Crippen LogP contribution in [0.3, 0.4) is 0 Å². The fourth-order valence-corrected chi connectivity index (χ4v) is 3.62.